The lowest BCUT2D eigenvalue weighted by atomic mass is 10.2. The Morgan fingerprint density at radius 3 is 2.72 bits per heavy atom. The van der Waals surface area contributed by atoms with Crippen LogP contribution in [0.5, 0.6) is 0 Å². The number of aliphatic hydroxyl groups excluding tert-OH is 1. The van der Waals surface area contributed by atoms with Gasteiger partial charge in [-0.2, -0.15) is 13.2 Å². The smallest absolute Gasteiger partial charge is 0.415 e. The monoisotopic (exact) mass is 265 g/mol. The van der Waals surface area contributed by atoms with E-state index in [9.17, 15) is 18.0 Å². The van der Waals surface area contributed by atoms with Crippen LogP contribution in [0.15, 0.2) is 12.5 Å². The third-order valence-corrected chi connectivity index (χ3v) is 2.03. The van der Waals surface area contributed by atoms with Crippen LogP contribution >= 0.6 is 0 Å². The van der Waals surface area contributed by atoms with Gasteiger partial charge in [0.05, 0.1) is 5.69 Å². The zero-order valence-corrected chi connectivity index (χ0v) is 8.98. The molecule has 1 aromatic heterocycles. The molecule has 0 fully saturated rings. The number of halogens is 3. The average Bonchev–Trinajstić information content (AvgIpc) is 2.28. The number of carboxylic acid groups (broad SMARTS) is 1. The molecule has 0 aliphatic heterocycles. The normalized spacial score (nSPS) is 13.3. The summed E-state index contributed by atoms with van der Waals surface area (Å²) in [6, 6.07) is 0. The van der Waals surface area contributed by atoms with Crippen molar-refractivity contribution < 1.29 is 28.2 Å². The van der Waals surface area contributed by atoms with E-state index in [0.717, 1.165) is 12.5 Å². The van der Waals surface area contributed by atoms with E-state index in [2.05, 4.69) is 15.3 Å². The number of aromatic carboxylic acids is 1. The summed E-state index contributed by atoms with van der Waals surface area (Å²) in [6.07, 6.45) is -5.09. The Morgan fingerprint density at radius 1 is 1.50 bits per heavy atom. The molecule has 100 valence electrons. The van der Waals surface area contributed by atoms with Crippen LogP contribution in [0, 0.1) is 0 Å². The zero-order valence-electron chi connectivity index (χ0n) is 8.98. The first-order valence-corrected chi connectivity index (χ1v) is 4.80. The summed E-state index contributed by atoms with van der Waals surface area (Å²) in [5, 5.41) is 19.8. The highest BCUT2D eigenvalue weighted by atomic mass is 19.4. The predicted octanol–water partition coefficient (Wildman–Crippen LogP) is 0.188. The van der Waals surface area contributed by atoms with Crippen molar-refractivity contribution >= 4 is 5.97 Å². The van der Waals surface area contributed by atoms with Gasteiger partial charge < -0.3 is 15.5 Å². The molecule has 1 atom stereocenters. The molecule has 0 bridgehead atoms. The minimum atomic E-state index is -4.71. The molecule has 1 heterocycles. The van der Waals surface area contributed by atoms with Crippen molar-refractivity contribution in [3.8, 4) is 0 Å². The molecule has 1 unspecified atom stereocenters. The number of carboxylic acids is 1. The SMILES string of the molecule is O=C(O)c1cncnc1CNCC(O)C(F)(F)F. The van der Waals surface area contributed by atoms with Crippen LogP contribution in [0.1, 0.15) is 16.1 Å². The van der Waals surface area contributed by atoms with Gasteiger partial charge in [-0.05, 0) is 0 Å². The molecule has 6 nitrogen and oxygen atoms in total. The molecule has 0 saturated carbocycles. The standard InChI is InChI=1S/C9H10F3N3O3/c10-9(11,12)7(16)3-13-2-6-5(8(17)18)1-14-4-15-6/h1,4,7,13,16H,2-3H2,(H,17,18). The summed E-state index contributed by atoms with van der Waals surface area (Å²) in [5.74, 6) is -1.27. The lowest BCUT2D eigenvalue weighted by molar-refractivity contribution is -0.201. The molecule has 9 heteroatoms. The number of nitrogens with zero attached hydrogens (tertiary/aromatic N) is 2. The summed E-state index contributed by atoms with van der Waals surface area (Å²) in [7, 11) is 0. The van der Waals surface area contributed by atoms with Crippen molar-refractivity contribution in [1.29, 1.82) is 0 Å². The maximum Gasteiger partial charge on any atom is 0.415 e. The van der Waals surface area contributed by atoms with E-state index in [1.165, 1.54) is 0 Å². The second-order valence-electron chi connectivity index (χ2n) is 3.38. The minimum Gasteiger partial charge on any atom is -0.478 e. The lowest BCUT2D eigenvalue weighted by Crippen LogP contribution is -2.38. The molecule has 3 N–H and O–H groups in total. The number of alkyl halides is 3. The topological polar surface area (TPSA) is 95.3 Å². The van der Waals surface area contributed by atoms with Crippen molar-refractivity contribution in [2.45, 2.75) is 18.8 Å². The van der Waals surface area contributed by atoms with Gasteiger partial charge in [0.1, 0.15) is 11.9 Å². The number of rotatable bonds is 5. The Bertz CT molecular complexity index is 425. The number of nitrogens with one attached hydrogen (secondary N) is 1. The van der Waals surface area contributed by atoms with Gasteiger partial charge in [-0.25, -0.2) is 14.8 Å². The van der Waals surface area contributed by atoms with E-state index in [1.54, 1.807) is 0 Å². The highest BCUT2D eigenvalue weighted by molar-refractivity contribution is 5.88. The molecule has 0 radical (unpaired) electrons. The first-order chi connectivity index (χ1) is 8.32. The van der Waals surface area contributed by atoms with E-state index in [0.29, 0.717) is 0 Å². The summed E-state index contributed by atoms with van der Waals surface area (Å²) < 4.78 is 35.9. The van der Waals surface area contributed by atoms with Crippen LogP contribution < -0.4 is 5.32 Å². The van der Waals surface area contributed by atoms with Crippen molar-refractivity contribution in [3.63, 3.8) is 0 Å². The lowest BCUT2D eigenvalue weighted by Gasteiger charge is -2.15. The number of aliphatic hydroxyl groups is 1. The summed E-state index contributed by atoms with van der Waals surface area (Å²) in [4.78, 5) is 17.9. The zero-order chi connectivity index (χ0) is 13.8. The van der Waals surface area contributed by atoms with Crippen LogP contribution in [0.4, 0.5) is 13.2 Å². The maximum atomic E-state index is 12.0. The van der Waals surface area contributed by atoms with Crippen LogP contribution in [0.2, 0.25) is 0 Å². The molecule has 1 aromatic rings. The van der Waals surface area contributed by atoms with Crippen LogP contribution in [-0.2, 0) is 6.54 Å². The number of carbonyl (C=O) groups is 1. The first kappa shape index (κ1) is 14.3. The number of hydrogen-bond acceptors (Lipinski definition) is 5. The Morgan fingerprint density at radius 2 is 2.17 bits per heavy atom. The van der Waals surface area contributed by atoms with Gasteiger partial charge in [0.2, 0.25) is 0 Å². The number of aromatic nitrogens is 2. The van der Waals surface area contributed by atoms with Gasteiger partial charge in [0.15, 0.2) is 6.10 Å². The molecule has 0 spiro atoms. The van der Waals surface area contributed by atoms with Crippen molar-refractivity contribution in [3.05, 3.63) is 23.8 Å². The van der Waals surface area contributed by atoms with Gasteiger partial charge >= 0.3 is 12.1 Å². The van der Waals surface area contributed by atoms with Crippen LogP contribution in [0.3, 0.4) is 0 Å². The molecule has 0 aliphatic rings. The van der Waals surface area contributed by atoms with Crippen molar-refractivity contribution in [2.75, 3.05) is 6.54 Å². The molecule has 0 aromatic carbocycles. The van der Waals surface area contributed by atoms with Gasteiger partial charge in [0, 0.05) is 19.3 Å². The summed E-state index contributed by atoms with van der Waals surface area (Å²) in [6.45, 7) is -0.955. The Kier molecular flexibility index (Phi) is 4.56. The molecular formula is C9H10F3N3O3. The van der Waals surface area contributed by atoms with Gasteiger partial charge in [-0.3, -0.25) is 0 Å². The second kappa shape index (κ2) is 5.74. The first-order valence-electron chi connectivity index (χ1n) is 4.80. The van der Waals surface area contributed by atoms with E-state index in [1.807, 2.05) is 0 Å². The van der Waals surface area contributed by atoms with E-state index < -0.39 is 24.8 Å². The maximum absolute atomic E-state index is 12.0. The molecular weight excluding hydrogens is 255 g/mol. The largest absolute Gasteiger partial charge is 0.478 e. The average molecular weight is 265 g/mol. The Balaban J connectivity index is 2.57. The van der Waals surface area contributed by atoms with Gasteiger partial charge in [-0.1, -0.05) is 0 Å². The fourth-order valence-corrected chi connectivity index (χ4v) is 1.12. The van der Waals surface area contributed by atoms with Crippen LogP contribution in [-0.4, -0.2) is 45.0 Å². The van der Waals surface area contributed by atoms with Crippen LogP contribution in [0.25, 0.3) is 0 Å². The van der Waals surface area contributed by atoms with E-state index in [-0.39, 0.29) is 17.8 Å². The van der Waals surface area contributed by atoms with Crippen molar-refractivity contribution in [2.24, 2.45) is 0 Å². The number of hydrogen-bond donors (Lipinski definition) is 3. The molecule has 18 heavy (non-hydrogen) atoms. The highest BCUT2D eigenvalue weighted by Gasteiger charge is 2.37. The fourth-order valence-electron chi connectivity index (χ4n) is 1.12. The van der Waals surface area contributed by atoms with Gasteiger partial charge in [-0.15, -0.1) is 0 Å². The van der Waals surface area contributed by atoms with Crippen molar-refractivity contribution in [1.82, 2.24) is 15.3 Å². The third-order valence-electron chi connectivity index (χ3n) is 2.03. The molecule has 0 amide bonds. The Hall–Kier alpha value is -1.74. The third kappa shape index (κ3) is 3.93. The second-order valence-corrected chi connectivity index (χ2v) is 3.38. The van der Waals surface area contributed by atoms with Gasteiger partial charge in [0.25, 0.3) is 0 Å². The predicted molar refractivity (Wildman–Crippen MR) is 52.8 cm³/mol. The highest BCUT2D eigenvalue weighted by Crippen LogP contribution is 2.19. The summed E-state index contributed by atoms with van der Waals surface area (Å²) in [5.41, 5.74) is -0.154. The quantitative estimate of drug-likeness (QED) is 0.703. The minimum absolute atomic E-state index is 0.0480. The molecule has 1 rings (SSSR count). The Labute approximate surface area is 99.5 Å². The molecule has 0 aliphatic carbocycles. The fraction of sp³-hybridized carbons (Fsp3) is 0.444. The van der Waals surface area contributed by atoms with E-state index in [4.69, 9.17) is 10.2 Å². The van der Waals surface area contributed by atoms with E-state index >= 15 is 0 Å². The summed E-state index contributed by atoms with van der Waals surface area (Å²) >= 11 is 0. The molecule has 0 saturated heterocycles.